The summed E-state index contributed by atoms with van der Waals surface area (Å²) in [6.45, 7) is 7.08. The number of nitrogens with one attached hydrogen (secondary N) is 1. The lowest BCUT2D eigenvalue weighted by atomic mass is 9.99. The molecule has 3 rings (SSSR count). The molecular weight excluding hydrogens is 517 g/mol. The van der Waals surface area contributed by atoms with Gasteiger partial charge in [0, 0.05) is 45.8 Å². The smallest absolute Gasteiger partial charge is 0.220 e. The molecule has 0 radical (unpaired) electrons. The Morgan fingerprint density at radius 3 is 2.60 bits per heavy atom. The molecule has 1 fully saturated rings. The van der Waals surface area contributed by atoms with Crippen molar-refractivity contribution in [3.63, 3.8) is 0 Å². The monoisotopic (exact) mass is 547 g/mol. The summed E-state index contributed by atoms with van der Waals surface area (Å²) < 4.78 is 31.4. The van der Waals surface area contributed by atoms with E-state index in [0.29, 0.717) is 37.8 Å². The number of aliphatic imine (C=N–C) groups is 1. The molecule has 0 saturated carbocycles. The molecule has 1 N–H and O–H groups in total. The van der Waals surface area contributed by atoms with Crippen molar-refractivity contribution >= 4 is 40.0 Å². The molecule has 0 amide bonds. The van der Waals surface area contributed by atoms with Crippen LogP contribution in [-0.2, 0) is 15.8 Å². The summed E-state index contributed by atoms with van der Waals surface area (Å²) in [7, 11) is -1.65. The van der Waals surface area contributed by atoms with Gasteiger partial charge in [-0.1, -0.05) is 41.9 Å². The summed E-state index contributed by atoms with van der Waals surface area (Å²) in [6, 6.07) is 10.1. The van der Waals surface area contributed by atoms with Gasteiger partial charge in [0.2, 0.25) is 10.0 Å². The molecule has 2 heterocycles. The number of nitrogens with zero attached hydrogens (tertiary/aromatic N) is 4. The highest BCUT2D eigenvalue weighted by Crippen LogP contribution is 2.16. The van der Waals surface area contributed by atoms with Crippen molar-refractivity contribution in [3.05, 3.63) is 53.4 Å². The molecule has 2 aromatic rings. The van der Waals surface area contributed by atoms with E-state index in [-0.39, 0.29) is 29.7 Å². The summed E-state index contributed by atoms with van der Waals surface area (Å²) >= 11 is 0. The number of piperazine rings is 1. The van der Waals surface area contributed by atoms with E-state index in [2.05, 4.69) is 58.5 Å². The molecule has 0 spiro atoms. The maximum Gasteiger partial charge on any atom is 0.220 e. The van der Waals surface area contributed by atoms with E-state index in [4.69, 9.17) is 4.52 Å². The summed E-state index contributed by atoms with van der Waals surface area (Å²) in [5.41, 5.74) is 2.97. The molecule has 1 atom stereocenters. The lowest BCUT2D eigenvalue weighted by Gasteiger charge is -2.36. The molecule has 8 nitrogen and oxygen atoms in total. The summed E-state index contributed by atoms with van der Waals surface area (Å²) in [5, 5.41) is 7.14. The zero-order valence-corrected chi connectivity index (χ0v) is 20.8. The number of sulfonamides is 1. The minimum absolute atomic E-state index is 0. The van der Waals surface area contributed by atoms with Crippen LogP contribution in [0.15, 0.2) is 46.1 Å². The quantitative estimate of drug-likeness (QED) is 0.340. The van der Waals surface area contributed by atoms with Gasteiger partial charge in [0.1, 0.15) is 12.0 Å². The second-order valence-electron chi connectivity index (χ2n) is 7.38. The van der Waals surface area contributed by atoms with Crippen molar-refractivity contribution in [2.75, 3.05) is 39.8 Å². The second kappa shape index (κ2) is 11.1. The van der Waals surface area contributed by atoms with Crippen LogP contribution >= 0.6 is 24.0 Å². The Hall–Kier alpha value is -1.66. The second-order valence-corrected chi connectivity index (χ2v) is 9.35. The molecule has 0 aliphatic carbocycles. The normalized spacial score (nSPS) is 16.8. The SMILES string of the molecule is CN=C(NCC(C)c1cccc(C)c1)N1CCN(S(=O)(=O)Cc2ccon2)CC1.I. The van der Waals surface area contributed by atoms with Gasteiger partial charge in [0.25, 0.3) is 0 Å². The highest BCUT2D eigenvalue weighted by molar-refractivity contribution is 14.0. The van der Waals surface area contributed by atoms with Crippen LogP contribution < -0.4 is 5.32 Å². The van der Waals surface area contributed by atoms with E-state index in [0.717, 1.165) is 12.5 Å². The van der Waals surface area contributed by atoms with Crippen LogP contribution in [-0.4, -0.2) is 68.5 Å². The number of aryl methyl sites for hydroxylation is 1. The van der Waals surface area contributed by atoms with Crippen LogP contribution in [0, 0.1) is 6.92 Å². The Morgan fingerprint density at radius 2 is 2.00 bits per heavy atom. The van der Waals surface area contributed by atoms with Crippen molar-refractivity contribution in [2.24, 2.45) is 4.99 Å². The van der Waals surface area contributed by atoms with E-state index in [1.54, 1.807) is 13.1 Å². The zero-order valence-electron chi connectivity index (χ0n) is 17.6. The molecular formula is C20H30IN5O3S. The maximum atomic E-state index is 12.6. The van der Waals surface area contributed by atoms with Crippen LogP contribution in [0.25, 0.3) is 0 Å². The molecule has 1 unspecified atom stereocenters. The van der Waals surface area contributed by atoms with E-state index >= 15 is 0 Å². The highest BCUT2D eigenvalue weighted by Gasteiger charge is 2.29. The molecule has 0 bridgehead atoms. The Bertz CT molecular complexity index is 926. The third-order valence-corrected chi connectivity index (χ3v) is 6.95. The van der Waals surface area contributed by atoms with Crippen molar-refractivity contribution < 1.29 is 12.9 Å². The van der Waals surface area contributed by atoms with Gasteiger partial charge < -0.3 is 14.7 Å². The summed E-state index contributed by atoms with van der Waals surface area (Å²) in [4.78, 5) is 6.49. The zero-order chi connectivity index (χ0) is 20.9. The first kappa shape index (κ1) is 24.6. The van der Waals surface area contributed by atoms with Crippen molar-refractivity contribution in [1.29, 1.82) is 0 Å². The molecule has 1 saturated heterocycles. The number of aromatic nitrogens is 1. The Morgan fingerprint density at radius 1 is 1.27 bits per heavy atom. The average Bonchev–Trinajstić information content (AvgIpc) is 3.21. The molecule has 1 aliphatic rings. The van der Waals surface area contributed by atoms with Gasteiger partial charge in [-0.05, 0) is 18.4 Å². The Balaban J connectivity index is 0.00000320. The molecule has 1 aliphatic heterocycles. The highest BCUT2D eigenvalue weighted by atomic mass is 127. The fourth-order valence-electron chi connectivity index (χ4n) is 3.44. The van der Waals surface area contributed by atoms with Gasteiger partial charge >= 0.3 is 0 Å². The van der Waals surface area contributed by atoms with Gasteiger partial charge in [-0.15, -0.1) is 24.0 Å². The standard InChI is InChI=1S/C20H29N5O3S.HI/c1-16-5-4-6-18(13-16)17(2)14-22-20(21-3)24-8-10-25(11-9-24)29(26,27)15-19-7-12-28-23-19;/h4-7,12-13,17H,8-11,14-15H2,1-3H3,(H,21,22);1H. The van der Waals surface area contributed by atoms with E-state index in [1.165, 1.54) is 21.7 Å². The number of hydrogen-bond donors (Lipinski definition) is 1. The first-order valence-electron chi connectivity index (χ1n) is 9.78. The van der Waals surface area contributed by atoms with Crippen LogP contribution in [0.3, 0.4) is 0 Å². The fourth-order valence-corrected chi connectivity index (χ4v) is 4.86. The van der Waals surface area contributed by atoms with Crippen LogP contribution in [0.2, 0.25) is 0 Å². The summed E-state index contributed by atoms with van der Waals surface area (Å²) in [6.07, 6.45) is 1.39. The van der Waals surface area contributed by atoms with Gasteiger partial charge in [-0.25, -0.2) is 8.42 Å². The van der Waals surface area contributed by atoms with Gasteiger partial charge in [-0.3, -0.25) is 4.99 Å². The third-order valence-electron chi connectivity index (χ3n) is 5.14. The van der Waals surface area contributed by atoms with Crippen molar-refractivity contribution in [2.45, 2.75) is 25.5 Å². The average molecular weight is 547 g/mol. The van der Waals surface area contributed by atoms with Crippen LogP contribution in [0.1, 0.15) is 29.7 Å². The first-order chi connectivity index (χ1) is 13.9. The largest absolute Gasteiger partial charge is 0.364 e. The number of rotatable bonds is 6. The fraction of sp³-hybridized carbons (Fsp3) is 0.500. The first-order valence-corrected chi connectivity index (χ1v) is 11.4. The van der Waals surface area contributed by atoms with Crippen molar-refractivity contribution in [3.8, 4) is 0 Å². The Labute approximate surface area is 195 Å². The number of hydrogen-bond acceptors (Lipinski definition) is 5. The van der Waals surface area contributed by atoms with E-state index < -0.39 is 10.0 Å². The van der Waals surface area contributed by atoms with E-state index in [1.807, 2.05) is 0 Å². The molecule has 1 aromatic heterocycles. The van der Waals surface area contributed by atoms with E-state index in [9.17, 15) is 8.42 Å². The minimum Gasteiger partial charge on any atom is -0.364 e. The molecule has 166 valence electrons. The van der Waals surface area contributed by atoms with Crippen LogP contribution in [0.4, 0.5) is 0 Å². The predicted octanol–water partition coefficient (Wildman–Crippen LogP) is 2.43. The molecule has 10 heteroatoms. The van der Waals surface area contributed by atoms with Gasteiger partial charge in [0.15, 0.2) is 5.96 Å². The van der Waals surface area contributed by atoms with Crippen molar-refractivity contribution in [1.82, 2.24) is 19.7 Å². The lowest BCUT2D eigenvalue weighted by Crippen LogP contribution is -2.54. The number of benzene rings is 1. The predicted molar refractivity (Wildman–Crippen MR) is 129 cm³/mol. The topological polar surface area (TPSA) is 91.0 Å². The molecule has 30 heavy (non-hydrogen) atoms. The third kappa shape index (κ3) is 6.42. The number of guanidine groups is 1. The Kier molecular flexibility index (Phi) is 9.10. The van der Waals surface area contributed by atoms with Gasteiger partial charge in [0.05, 0.1) is 5.69 Å². The molecule has 1 aromatic carbocycles. The number of halogens is 1. The van der Waals surface area contributed by atoms with Crippen LogP contribution in [0.5, 0.6) is 0 Å². The summed E-state index contributed by atoms with van der Waals surface area (Å²) in [5.74, 6) is 1.01. The minimum atomic E-state index is -3.40. The van der Waals surface area contributed by atoms with Gasteiger partial charge in [-0.2, -0.15) is 4.31 Å². The lowest BCUT2D eigenvalue weighted by molar-refractivity contribution is 0.259. The maximum absolute atomic E-state index is 12.6.